The number of rotatable bonds is 4. The summed E-state index contributed by atoms with van der Waals surface area (Å²) in [7, 11) is 0. The Morgan fingerprint density at radius 2 is 1.96 bits per heavy atom. The van der Waals surface area contributed by atoms with Crippen LogP contribution in [0, 0.1) is 3.70 Å². The van der Waals surface area contributed by atoms with Crippen LogP contribution in [-0.4, -0.2) is 30.9 Å². The molecular formula is C14H13IN6O2. The van der Waals surface area contributed by atoms with Gasteiger partial charge in [0.25, 0.3) is 0 Å². The van der Waals surface area contributed by atoms with E-state index >= 15 is 0 Å². The summed E-state index contributed by atoms with van der Waals surface area (Å²) in [5, 5.41) is 16.2. The van der Waals surface area contributed by atoms with E-state index in [2.05, 4.69) is 43.0 Å². The first-order valence-corrected chi connectivity index (χ1v) is 7.79. The minimum Gasteiger partial charge on any atom is -0.465 e. The fraction of sp³-hybridized carbons (Fsp3) is 0.143. The van der Waals surface area contributed by atoms with Crippen molar-refractivity contribution in [3.05, 3.63) is 45.4 Å². The number of amides is 1. The largest absolute Gasteiger partial charge is 0.465 e. The van der Waals surface area contributed by atoms with Gasteiger partial charge in [-0.15, -0.1) is 0 Å². The second kappa shape index (κ2) is 6.36. The second-order valence-corrected chi connectivity index (χ2v) is 5.90. The van der Waals surface area contributed by atoms with E-state index in [1.165, 1.54) is 6.33 Å². The van der Waals surface area contributed by atoms with Crippen molar-refractivity contribution >= 4 is 45.5 Å². The van der Waals surface area contributed by atoms with Crippen molar-refractivity contribution in [2.24, 2.45) is 0 Å². The van der Waals surface area contributed by atoms with Gasteiger partial charge in [0.05, 0.1) is 11.9 Å². The lowest BCUT2D eigenvalue weighted by Gasteiger charge is -2.05. The van der Waals surface area contributed by atoms with Gasteiger partial charge in [0.1, 0.15) is 15.8 Å². The number of nitrogens with one attached hydrogen (secondary N) is 1. The molecule has 3 rings (SSSR count). The molecule has 3 aromatic rings. The zero-order valence-corrected chi connectivity index (χ0v) is 14.1. The average molecular weight is 424 g/mol. The molecule has 4 N–H and O–H groups in total. The monoisotopic (exact) mass is 424 g/mol. The molecule has 0 unspecified atom stereocenters. The molecule has 0 spiro atoms. The van der Waals surface area contributed by atoms with E-state index in [9.17, 15) is 4.79 Å². The van der Waals surface area contributed by atoms with Gasteiger partial charge in [-0.25, -0.2) is 19.4 Å². The summed E-state index contributed by atoms with van der Waals surface area (Å²) >= 11 is 2.11. The number of anilines is 1. The van der Waals surface area contributed by atoms with E-state index in [1.807, 2.05) is 24.3 Å². The van der Waals surface area contributed by atoms with Crippen molar-refractivity contribution in [3.63, 3.8) is 0 Å². The zero-order chi connectivity index (χ0) is 16.4. The van der Waals surface area contributed by atoms with Crippen molar-refractivity contribution in [2.75, 3.05) is 5.73 Å². The number of nitrogen functional groups attached to an aromatic ring is 1. The average Bonchev–Trinajstić information content (AvgIpc) is 2.84. The highest BCUT2D eigenvalue weighted by atomic mass is 127. The number of hydrogen-bond donors (Lipinski definition) is 3. The summed E-state index contributed by atoms with van der Waals surface area (Å²) in [5.41, 5.74) is 8.49. The van der Waals surface area contributed by atoms with Gasteiger partial charge in [0.15, 0.2) is 5.65 Å². The third kappa shape index (κ3) is 3.33. The lowest BCUT2D eigenvalue weighted by atomic mass is 10.1. The summed E-state index contributed by atoms with van der Waals surface area (Å²) in [6, 6.07) is 7.63. The molecule has 0 aliphatic rings. The third-order valence-electron chi connectivity index (χ3n) is 3.31. The molecule has 118 valence electrons. The Morgan fingerprint density at radius 3 is 2.65 bits per heavy atom. The Bertz CT molecular complexity index is 862. The molecule has 0 saturated heterocycles. The fourth-order valence-electron chi connectivity index (χ4n) is 2.21. The highest BCUT2D eigenvalue weighted by molar-refractivity contribution is 14.1. The first-order chi connectivity index (χ1) is 11.0. The fourth-order valence-corrected chi connectivity index (χ4v) is 2.99. The van der Waals surface area contributed by atoms with E-state index in [1.54, 1.807) is 4.68 Å². The smallest absolute Gasteiger partial charge is 0.404 e. The van der Waals surface area contributed by atoms with Gasteiger partial charge in [-0.1, -0.05) is 24.3 Å². The maximum atomic E-state index is 10.5. The van der Waals surface area contributed by atoms with E-state index < -0.39 is 6.09 Å². The van der Waals surface area contributed by atoms with Crippen LogP contribution in [0.4, 0.5) is 10.6 Å². The van der Waals surface area contributed by atoms with Gasteiger partial charge in [-0.3, -0.25) is 0 Å². The van der Waals surface area contributed by atoms with Crippen LogP contribution < -0.4 is 11.1 Å². The summed E-state index contributed by atoms with van der Waals surface area (Å²) in [5.74, 6) is 0.417. The topological polar surface area (TPSA) is 119 Å². The first kappa shape index (κ1) is 15.5. The number of carboxylic acid groups (broad SMARTS) is 1. The molecule has 0 atom stereocenters. The molecule has 2 heterocycles. The summed E-state index contributed by atoms with van der Waals surface area (Å²) in [6.07, 6.45) is 0.385. The van der Waals surface area contributed by atoms with Gasteiger partial charge >= 0.3 is 6.09 Å². The molecule has 0 fully saturated rings. The number of fused-ring (bicyclic) bond motifs is 1. The minimum atomic E-state index is -1.04. The summed E-state index contributed by atoms with van der Waals surface area (Å²) < 4.78 is 2.54. The molecule has 23 heavy (non-hydrogen) atoms. The van der Waals surface area contributed by atoms with Crippen LogP contribution in [0.15, 0.2) is 30.6 Å². The van der Waals surface area contributed by atoms with Crippen molar-refractivity contribution in [1.29, 1.82) is 0 Å². The molecule has 0 aliphatic carbocycles. The Morgan fingerprint density at radius 1 is 1.26 bits per heavy atom. The normalized spacial score (nSPS) is 10.8. The number of benzene rings is 1. The van der Waals surface area contributed by atoms with E-state index in [-0.39, 0.29) is 6.54 Å². The van der Waals surface area contributed by atoms with Crippen molar-refractivity contribution in [1.82, 2.24) is 25.1 Å². The summed E-state index contributed by atoms with van der Waals surface area (Å²) in [6.45, 7) is 0.824. The predicted molar refractivity (Wildman–Crippen MR) is 92.9 cm³/mol. The second-order valence-electron chi connectivity index (χ2n) is 4.88. The maximum absolute atomic E-state index is 10.5. The van der Waals surface area contributed by atoms with Crippen LogP contribution in [0.3, 0.4) is 0 Å². The molecule has 0 radical (unpaired) electrons. The Kier molecular flexibility index (Phi) is 4.28. The van der Waals surface area contributed by atoms with Crippen molar-refractivity contribution in [3.8, 4) is 0 Å². The molecule has 0 bridgehead atoms. The van der Waals surface area contributed by atoms with Crippen LogP contribution in [0.5, 0.6) is 0 Å². The maximum Gasteiger partial charge on any atom is 0.404 e. The molecule has 9 heteroatoms. The van der Waals surface area contributed by atoms with Crippen LogP contribution in [-0.2, 0) is 13.1 Å². The van der Waals surface area contributed by atoms with Gasteiger partial charge in [0.2, 0.25) is 0 Å². The highest BCUT2D eigenvalue weighted by Gasteiger charge is 2.13. The van der Waals surface area contributed by atoms with Gasteiger partial charge < -0.3 is 16.2 Å². The molecule has 0 saturated carbocycles. The quantitative estimate of drug-likeness (QED) is 0.550. The predicted octanol–water partition coefficient (Wildman–Crippen LogP) is 1.83. The zero-order valence-electron chi connectivity index (χ0n) is 11.9. The van der Waals surface area contributed by atoms with E-state index in [0.29, 0.717) is 18.0 Å². The summed E-state index contributed by atoms with van der Waals surface area (Å²) in [4.78, 5) is 18.7. The molecule has 0 aliphatic heterocycles. The lowest BCUT2D eigenvalue weighted by molar-refractivity contribution is 0.194. The Labute approximate surface area is 144 Å². The van der Waals surface area contributed by atoms with Gasteiger partial charge in [-0.2, -0.15) is 5.10 Å². The number of carbonyl (C=O) groups is 1. The van der Waals surface area contributed by atoms with Gasteiger partial charge in [0, 0.05) is 6.54 Å². The van der Waals surface area contributed by atoms with Crippen LogP contribution in [0.1, 0.15) is 11.1 Å². The number of halogens is 1. The van der Waals surface area contributed by atoms with E-state index in [4.69, 9.17) is 10.8 Å². The standard InChI is InChI=1S/C14H13IN6O2/c15-11-10-12(16)18-7-19-13(10)21(20-11)6-9-3-1-8(2-4-9)5-17-14(22)23/h1-4,7,17H,5-6H2,(H,22,23)(H2,16,18,19). The van der Waals surface area contributed by atoms with Gasteiger partial charge in [-0.05, 0) is 33.7 Å². The number of nitrogens with zero attached hydrogens (tertiary/aromatic N) is 4. The lowest BCUT2D eigenvalue weighted by Crippen LogP contribution is -2.19. The van der Waals surface area contributed by atoms with Crippen molar-refractivity contribution < 1.29 is 9.90 Å². The van der Waals surface area contributed by atoms with Crippen LogP contribution in [0.2, 0.25) is 0 Å². The molecule has 1 amide bonds. The SMILES string of the molecule is Nc1ncnc2c1c(I)nn2Cc1ccc(CNC(=O)O)cc1. The molecular weight excluding hydrogens is 411 g/mol. The Balaban J connectivity index is 1.82. The molecule has 2 aromatic heterocycles. The minimum absolute atomic E-state index is 0.280. The number of nitrogens with two attached hydrogens (primary N) is 1. The first-order valence-electron chi connectivity index (χ1n) is 6.71. The van der Waals surface area contributed by atoms with Crippen LogP contribution in [0.25, 0.3) is 11.0 Å². The van der Waals surface area contributed by atoms with Crippen molar-refractivity contribution in [2.45, 2.75) is 13.1 Å². The Hall–Kier alpha value is -2.43. The number of hydrogen-bond acceptors (Lipinski definition) is 5. The van der Waals surface area contributed by atoms with E-state index in [0.717, 1.165) is 20.2 Å². The third-order valence-corrected chi connectivity index (χ3v) is 4.07. The van der Waals surface area contributed by atoms with Crippen LogP contribution >= 0.6 is 22.6 Å². The molecule has 1 aromatic carbocycles. The highest BCUT2D eigenvalue weighted by Crippen LogP contribution is 2.23. The number of aromatic nitrogens is 4. The molecule has 8 nitrogen and oxygen atoms in total.